The molecule has 110 valence electrons. The van der Waals surface area contributed by atoms with E-state index in [1.807, 2.05) is 23.8 Å². The van der Waals surface area contributed by atoms with E-state index in [1.54, 1.807) is 17.4 Å². The van der Waals surface area contributed by atoms with E-state index in [2.05, 4.69) is 15.0 Å². The molecule has 0 spiro atoms. The van der Waals surface area contributed by atoms with Gasteiger partial charge in [0.25, 0.3) is 0 Å². The van der Waals surface area contributed by atoms with Crippen molar-refractivity contribution in [3.63, 3.8) is 0 Å². The van der Waals surface area contributed by atoms with Crippen molar-refractivity contribution in [2.75, 3.05) is 13.1 Å². The second-order valence-corrected chi connectivity index (χ2v) is 6.97. The lowest BCUT2D eigenvalue weighted by atomic mass is 10.2. The Morgan fingerprint density at radius 2 is 2.25 bits per heavy atom. The van der Waals surface area contributed by atoms with Crippen molar-refractivity contribution in [2.45, 2.75) is 24.8 Å². The van der Waals surface area contributed by atoms with Crippen LogP contribution in [0.15, 0.2) is 34.0 Å². The normalized spacial score (nSPS) is 11.8. The zero-order valence-electron chi connectivity index (χ0n) is 11.3. The van der Waals surface area contributed by atoms with Gasteiger partial charge in [0.1, 0.15) is 0 Å². The van der Waals surface area contributed by atoms with Gasteiger partial charge in [-0.05, 0) is 41.4 Å². The molecule has 7 heteroatoms. The standard InChI is InChI=1S/C13H19N3O2S2/c1-2-14-8-12-7-13(9-15-12)20(17,18)16-5-3-11-4-6-19-10-11/h4,6-7,9-10,14-16H,2-3,5,8H2,1H3. The Kier molecular flexibility index (Phi) is 5.36. The monoisotopic (exact) mass is 313 g/mol. The second kappa shape index (κ2) is 7.03. The molecule has 2 rings (SSSR count). The first-order chi connectivity index (χ1) is 9.62. The summed E-state index contributed by atoms with van der Waals surface area (Å²) >= 11 is 1.62. The molecule has 0 aromatic carbocycles. The van der Waals surface area contributed by atoms with Gasteiger partial charge in [0.05, 0.1) is 4.90 Å². The first-order valence-corrected chi connectivity index (χ1v) is 8.93. The molecular formula is C13H19N3O2S2. The smallest absolute Gasteiger partial charge is 0.242 e. The highest BCUT2D eigenvalue weighted by molar-refractivity contribution is 7.89. The van der Waals surface area contributed by atoms with Crippen LogP contribution in [0, 0.1) is 0 Å². The van der Waals surface area contributed by atoms with Gasteiger partial charge in [-0.2, -0.15) is 11.3 Å². The minimum atomic E-state index is -3.42. The molecule has 5 nitrogen and oxygen atoms in total. The van der Waals surface area contributed by atoms with Crippen molar-refractivity contribution in [1.82, 2.24) is 15.0 Å². The predicted molar refractivity (Wildman–Crippen MR) is 81.4 cm³/mol. The summed E-state index contributed by atoms with van der Waals surface area (Å²) in [5.41, 5.74) is 2.02. The van der Waals surface area contributed by atoms with E-state index in [4.69, 9.17) is 0 Å². The molecule has 0 atom stereocenters. The van der Waals surface area contributed by atoms with Gasteiger partial charge in [-0.15, -0.1) is 0 Å². The van der Waals surface area contributed by atoms with Crippen LogP contribution >= 0.6 is 11.3 Å². The molecule has 0 unspecified atom stereocenters. The maximum atomic E-state index is 12.1. The molecule has 2 heterocycles. The highest BCUT2D eigenvalue weighted by Gasteiger charge is 2.15. The van der Waals surface area contributed by atoms with Gasteiger partial charge in [-0.25, -0.2) is 13.1 Å². The molecule has 0 bridgehead atoms. The number of nitrogens with one attached hydrogen (secondary N) is 3. The van der Waals surface area contributed by atoms with E-state index in [0.29, 0.717) is 19.5 Å². The van der Waals surface area contributed by atoms with Crippen LogP contribution in [0.5, 0.6) is 0 Å². The number of sulfonamides is 1. The number of aromatic amines is 1. The minimum absolute atomic E-state index is 0.288. The summed E-state index contributed by atoms with van der Waals surface area (Å²) in [7, 11) is -3.42. The summed E-state index contributed by atoms with van der Waals surface area (Å²) in [5, 5.41) is 7.16. The van der Waals surface area contributed by atoms with Gasteiger partial charge < -0.3 is 10.3 Å². The van der Waals surface area contributed by atoms with Crippen molar-refractivity contribution < 1.29 is 8.42 Å². The average molecular weight is 313 g/mol. The van der Waals surface area contributed by atoms with Gasteiger partial charge in [-0.3, -0.25) is 0 Å². The number of rotatable bonds is 8. The number of hydrogen-bond acceptors (Lipinski definition) is 4. The third kappa shape index (κ3) is 4.17. The van der Waals surface area contributed by atoms with Crippen LogP contribution in [-0.2, 0) is 23.0 Å². The Morgan fingerprint density at radius 1 is 1.40 bits per heavy atom. The fraction of sp³-hybridized carbons (Fsp3) is 0.385. The molecule has 0 aliphatic rings. The molecule has 0 amide bonds. The average Bonchev–Trinajstić information content (AvgIpc) is 3.07. The molecule has 2 aromatic heterocycles. The Hall–Kier alpha value is -1.15. The fourth-order valence-corrected chi connectivity index (χ4v) is 3.54. The third-order valence-corrected chi connectivity index (χ3v) is 5.05. The van der Waals surface area contributed by atoms with E-state index >= 15 is 0 Å². The zero-order chi connectivity index (χ0) is 14.4. The summed E-state index contributed by atoms with van der Waals surface area (Å²) in [4.78, 5) is 3.26. The second-order valence-electron chi connectivity index (χ2n) is 4.42. The molecule has 3 N–H and O–H groups in total. The lowest BCUT2D eigenvalue weighted by Gasteiger charge is -2.03. The van der Waals surface area contributed by atoms with Crippen LogP contribution in [0.3, 0.4) is 0 Å². The molecule has 2 aromatic rings. The Balaban J connectivity index is 1.90. The topological polar surface area (TPSA) is 74.0 Å². The first-order valence-electron chi connectivity index (χ1n) is 6.50. The van der Waals surface area contributed by atoms with Crippen molar-refractivity contribution >= 4 is 21.4 Å². The molecule has 0 aliphatic heterocycles. The maximum Gasteiger partial charge on any atom is 0.242 e. The van der Waals surface area contributed by atoms with Crippen molar-refractivity contribution in [1.29, 1.82) is 0 Å². The lowest BCUT2D eigenvalue weighted by Crippen LogP contribution is -2.25. The molecule has 0 saturated carbocycles. The predicted octanol–water partition coefficient (Wildman–Crippen LogP) is 1.71. The van der Waals surface area contributed by atoms with Gasteiger partial charge >= 0.3 is 0 Å². The number of aromatic nitrogens is 1. The zero-order valence-corrected chi connectivity index (χ0v) is 13.0. The molecule has 0 saturated heterocycles. The van der Waals surface area contributed by atoms with Gasteiger partial charge in [0.2, 0.25) is 10.0 Å². The Morgan fingerprint density at radius 3 is 2.95 bits per heavy atom. The summed E-state index contributed by atoms with van der Waals surface area (Å²) in [5.74, 6) is 0. The maximum absolute atomic E-state index is 12.1. The number of thiophene rings is 1. The van der Waals surface area contributed by atoms with E-state index in [0.717, 1.165) is 17.8 Å². The summed E-state index contributed by atoms with van der Waals surface area (Å²) in [6.45, 7) is 3.90. The van der Waals surface area contributed by atoms with Gasteiger partial charge in [0, 0.05) is 25.0 Å². The minimum Gasteiger partial charge on any atom is -0.363 e. The molecule has 20 heavy (non-hydrogen) atoms. The number of hydrogen-bond donors (Lipinski definition) is 3. The number of H-pyrrole nitrogens is 1. The molecule has 0 fully saturated rings. The van der Waals surface area contributed by atoms with Crippen LogP contribution in [0.25, 0.3) is 0 Å². The summed E-state index contributed by atoms with van der Waals surface area (Å²) in [6, 6.07) is 3.67. The third-order valence-electron chi connectivity index (χ3n) is 2.88. The van der Waals surface area contributed by atoms with Crippen molar-refractivity contribution in [3.05, 3.63) is 40.3 Å². The van der Waals surface area contributed by atoms with Crippen LogP contribution in [-0.4, -0.2) is 26.5 Å². The van der Waals surface area contributed by atoms with E-state index < -0.39 is 10.0 Å². The van der Waals surface area contributed by atoms with Crippen LogP contribution < -0.4 is 10.0 Å². The Bertz CT molecular complexity index is 618. The van der Waals surface area contributed by atoms with Crippen molar-refractivity contribution in [3.8, 4) is 0 Å². The molecule has 0 radical (unpaired) electrons. The molecule has 0 aliphatic carbocycles. The van der Waals surface area contributed by atoms with E-state index in [-0.39, 0.29) is 4.90 Å². The van der Waals surface area contributed by atoms with E-state index in [1.165, 1.54) is 6.20 Å². The Labute approximate surface area is 123 Å². The largest absolute Gasteiger partial charge is 0.363 e. The summed E-state index contributed by atoms with van der Waals surface area (Å²) < 4.78 is 26.8. The van der Waals surface area contributed by atoms with Gasteiger partial charge in [0.15, 0.2) is 0 Å². The van der Waals surface area contributed by atoms with Crippen LogP contribution in [0.1, 0.15) is 18.2 Å². The van der Waals surface area contributed by atoms with Crippen LogP contribution in [0.2, 0.25) is 0 Å². The lowest BCUT2D eigenvalue weighted by molar-refractivity contribution is 0.582. The fourth-order valence-electron chi connectivity index (χ4n) is 1.78. The van der Waals surface area contributed by atoms with Crippen LogP contribution in [0.4, 0.5) is 0 Å². The highest BCUT2D eigenvalue weighted by atomic mass is 32.2. The SMILES string of the molecule is CCNCc1cc(S(=O)(=O)NCCc2ccsc2)c[nH]1. The highest BCUT2D eigenvalue weighted by Crippen LogP contribution is 2.11. The summed E-state index contributed by atoms with van der Waals surface area (Å²) in [6.07, 6.45) is 2.23. The van der Waals surface area contributed by atoms with Crippen molar-refractivity contribution in [2.24, 2.45) is 0 Å². The quantitative estimate of drug-likeness (QED) is 0.694. The first kappa shape index (κ1) is 15.2. The van der Waals surface area contributed by atoms with E-state index in [9.17, 15) is 8.42 Å². The molecular weight excluding hydrogens is 294 g/mol. The van der Waals surface area contributed by atoms with Gasteiger partial charge in [-0.1, -0.05) is 6.92 Å².